The third-order valence-electron chi connectivity index (χ3n) is 3.84. The maximum Gasteiger partial charge on any atom is 0.165 e. The van der Waals surface area contributed by atoms with Crippen LogP contribution in [0.15, 0.2) is 67.4 Å². The van der Waals surface area contributed by atoms with Crippen molar-refractivity contribution >= 4 is 17.0 Å². The molecule has 0 fully saturated rings. The first-order chi connectivity index (χ1) is 11.8. The van der Waals surface area contributed by atoms with Crippen molar-refractivity contribution in [1.29, 1.82) is 0 Å². The quantitative estimate of drug-likeness (QED) is 0.625. The number of fused-ring (bicyclic) bond motifs is 1. The lowest BCUT2D eigenvalue weighted by atomic mass is 10.1. The Morgan fingerprint density at radius 3 is 2.75 bits per heavy atom. The highest BCUT2D eigenvalue weighted by Crippen LogP contribution is 2.19. The number of anilines is 1. The Morgan fingerprint density at radius 2 is 1.88 bits per heavy atom. The molecule has 24 heavy (non-hydrogen) atoms. The molecule has 1 N–H and O–H groups in total. The van der Waals surface area contributed by atoms with Crippen molar-refractivity contribution in [2.45, 2.75) is 13.0 Å². The van der Waals surface area contributed by atoms with Crippen molar-refractivity contribution in [2.24, 2.45) is 0 Å². The average molecular weight is 316 g/mol. The zero-order valence-corrected chi connectivity index (χ0v) is 13.2. The van der Waals surface area contributed by atoms with Gasteiger partial charge in [-0.15, -0.1) is 0 Å². The summed E-state index contributed by atoms with van der Waals surface area (Å²) in [7, 11) is 0. The van der Waals surface area contributed by atoms with Crippen LogP contribution in [0.5, 0.6) is 0 Å². The number of pyridine rings is 1. The fraction of sp³-hybridized carbons (Fsp3) is 0.111. The molecule has 118 valence electrons. The molecule has 0 spiro atoms. The van der Waals surface area contributed by atoms with Crippen LogP contribution in [0.25, 0.3) is 17.0 Å². The van der Waals surface area contributed by atoms with Gasteiger partial charge in [0.2, 0.25) is 0 Å². The third kappa shape index (κ3) is 2.69. The summed E-state index contributed by atoms with van der Waals surface area (Å²) in [5.74, 6) is 1.39. The smallest absolute Gasteiger partial charge is 0.165 e. The molecule has 0 saturated carbocycles. The molecule has 4 aromatic rings. The summed E-state index contributed by atoms with van der Waals surface area (Å²) in [5, 5.41) is 3.38. The Balaban J connectivity index is 1.64. The van der Waals surface area contributed by atoms with Gasteiger partial charge in [0.05, 0.1) is 12.4 Å². The molecule has 0 amide bonds. The van der Waals surface area contributed by atoms with Crippen molar-refractivity contribution in [3.63, 3.8) is 0 Å². The van der Waals surface area contributed by atoms with Crippen LogP contribution in [-0.4, -0.2) is 24.5 Å². The average Bonchev–Trinajstić information content (AvgIpc) is 3.07. The molecular weight excluding hydrogens is 300 g/mol. The van der Waals surface area contributed by atoms with Gasteiger partial charge in [-0.05, 0) is 24.6 Å². The van der Waals surface area contributed by atoms with Crippen molar-refractivity contribution in [1.82, 2.24) is 24.5 Å². The normalized spacial score (nSPS) is 12.2. The van der Waals surface area contributed by atoms with Crippen molar-refractivity contribution in [3.05, 3.63) is 72.9 Å². The summed E-state index contributed by atoms with van der Waals surface area (Å²) in [4.78, 5) is 17.6. The number of imidazole rings is 1. The Labute approximate surface area is 139 Å². The molecule has 0 aliphatic heterocycles. The highest BCUT2D eigenvalue weighted by molar-refractivity contribution is 5.72. The lowest BCUT2D eigenvalue weighted by molar-refractivity contribution is 0.864. The molecule has 1 aromatic carbocycles. The van der Waals surface area contributed by atoms with Gasteiger partial charge in [0, 0.05) is 12.2 Å². The molecule has 0 unspecified atom stereocenters. The first-order valence-corrected chi connectivity index (χ1v) is 7.73. The van der Waals surface area contributed by atoms with Crippen LogP contribution in [0.3, 0.4) is 0 Å². The van der Waals surface area contributed by atoms with Gasteiger partial charge >= 0.3 is 0 Å². The van der Waals surface area contributed by atoms with Gasteiger partial charge in [0.1, 0.15) is 17.7 Å². The maximum absolute atomic E-state index is 4.64. The van der Waals surface area contributed by atoms with E-state index in [1.807, 2.05) is 34.9 Å². The monoisotopic (exact) mass is 316 g/mol. The fourth-order valence-electron chi connectivity index (χ4n) is 2.61. The lowest BCUT2D eigenvalue weighted by Crippen LogP contribution is -2.09. The summed E-state index contributed by atoms with van der Waals surface area (Å²) in [6.07, 6.45) is 6.88. The molecule has 3 aromatic heterocycles. The number of hydrogen-bond acceptors (Lipinski definition) is 5. The summed E-state index contributed by atoms with van der Waals surface area (Å²) in [5.41, 5.74) is 2.79. The van der Waals surface area contributed by atoms with E-state index in [1.54, 1.807) is 24.9 Å². The Hall–Kier alpha value is -3.28. The van der Waals surface area contributed by atoms with Crippen LogP contribution in [0.2, 0.25) is 0 Å². The largest absolute Gasteiger partial charge is 0.362 e. The van der Waals surface area contributed by atoms with E-state index in [0.717, 1.165) is 11.2 Å². The van der Waals surface area contributed by atoms with Crippen molar-refractivity contribution < 1.29 is 0 Å². The highest BCUT2D eigenvalue weighted by Gasteiger charge is 2.09. The topological polar surface area (TPSA) is 68.5 Å². The van der Waals surface area contributed by atoms with Crippen LogP contribution < -0.4 is 5.32 Å². The fourth-order valence-corrected chi connectivity index (χ4v) is 2.61. The number of aromatic nitrogens is 5. The molecule has 0 aliphatic rings. The number of benzene rings is 1. The zero-order valence-electron chi connectivity index (χ0n) is 13.2. The number of nitrogens with one attached hydrogen (secondary N) is 1. The molecule has 0 aliphatic carbocycles. The van der Waals surface area contributed by atoms with Gasteiger partial charge in [0.15, 0.2) is 11.5 Å². The first kappa shape index (κ1) is 14.3. The second-order valence-corrected chi connectivity index (χ2v) is 5.50. The van der Waals surface area contributed by atoms with Crippen LogP contribution in [0.4, 0.5) is 5.82 Å². The van der Waals surface area contributed by atoms with Gasteiger partial charge < -0.3 is 5.32 Å². The molecule has 0 radical (unpaired) electrons. The van der Waals surface area contributed by atoms with E-state index in [0.29, 0.717) is 11.6 Å². The van der Waals surface area contributed by atoms with Crippen molar-refractivity contribution in [3.8, 4) is 5.82 Å². The minimum atomic E-state index is 0.133. The number of nitrogens with zero attached hydrogens (tertiary/aromatic N) is 5. The standard InChI is InChI=1S/C18H16N6/c1-13(14-6-3-2-4-7-14)22-16-10-19-11-17(23-16)24-12-21-15-8-5-9-20-18(15)24/h2-13H,1H3,(H,22,23)/t13-/m0/s1. The molecule has 6 heteroatoms. The van der Waals surface area contributed by atoms with E-state index in [9.17, 15) is 0 Å². The molecule has 4 rings (SSSR count). The van der Waals surface area contributed by atoms with Crippen LogP contribution in [-0.2, 0) is 0 Å². The minimum Gasteiger partial charge on any atom is -0.362 e. The molecular formula is C18H16N6. The van der Waals surface area contributed by atoms with E-state index < -0.39 is 0 Å². The third-order valence-corrected chi connectivity index (χ3v) is 3.84. The molecule has 0 saturated heterocycles. The molecule has 6 nitrogen and oxygen atoms in total. The van der Waals surface area contributed by atoms with E-state index in [4.69, 9.17) is 0 Å². The van der Waals surface area contributed by atoms with E-state index in [2.05, 4.69) is 44.3 Å². The van der Waals surface area contributed by atoms with Gasteiger partial charge in [-0.25, -0.2) is 15.0 Å². The van der Waals surface area contributed by atoms with Gasteiger partial charge in [0.25, 0.3) is 0 Å². The summed E-state index contributed by atoms with van der Waals surface area (Å²) in [6, 6.07) is 14.2. The predicted octanol–water partition coefficient (Wildman–Crippen LogP) is 3.38. The van der Waals surface area contributed by atoms with Gasteiger partial charge in [-0.1, -0.05) is 30.3 Å². The van der Waals surface area contributed by atoms with Crippen LogP contribution in [0, 0.1) is 0 Å². The van der Waals surface area contributed by atoms with E-state index in [-0.39, 0.29) is 6.04 Å². The summed E-state index contributed by atoms with van der Waals surface area (Å²) in [6.45, 7) is 2.10. The van der Waals surface area contributed by atoms with Crippen LogP contribution >= 0.6 is 0 Å². The second-order valence-electron chi connectivity index (χ2n) is 5.50. The summed E-state index contributed by atoms with van der Waals surface area (Å²) < 4.78 is 1.83. The lowest BCUT2D eigenvalue weighted by Gasteiger charge is -2.15. The molecule has 0 bridgehead atoms. The summed E-state index contributed by atoms with van der Waals surface area (Å²) >= 11 is 0. The zero-order chi connectivity index (χ0) is 16.4. The molecule has 1 atom stereocenters. The van der Waals surface area contributed by atoms with Gasteiger partial charge in [-0.3, -0.25) is 9.55 Å². The first-order valence-electron chi connectivity index (χ1n) is 7.73. The van der Waals surface area contributed by atoms with Gasteiger partial charge in [-0.2, -0.15) is 0 Å². The maximum atomic E-state index is 4.64. The minimum absolute atomic E-state index is 0.133. The Bertz CT molecular complexity index is 963. The number of hydrogen-bond donors (Lipinski definition) is 1. The van der Waals surface area contributed by atoms with E-state index >= 15 is 0 Å². The SMILES string of the molecule is C[C@H](Nc1cncc(-n2cnc3cccnc32)n1)c1ccccc1. The highest BCUT2D eigenvalue weighted by atomic mass is 15.2. The Kier molecular flexibility index (Phi) is 3.63. The Morgan fingerprint density at radius 1 is 1.00 bits per heavy atom. The predicted molar refractivity (Wildman–Crippen MR) is 92.9 cm³/mol. The van der Waals surface area contributed by atoms with E-state index in [1.165, 1.54) is 5.56 Å². The number of rotatable bonds is 4. The van der Waals surface area contributed by atoms with Crippen molar-refractivity contribution in [2.75, 3.05) is 5.32 Å². The second kappa shape index (κ2) is 6.08. The van der Waals surface area contributed by atoms with Crippen LogP contribution in [0.1, 0.15) is 18.5 Å². The molecule has 3 heterocycles.